The van der Waals surface area contributed by atoms with Crippen molar-refractivity contribution in [1.29, 1.82) is 0 Å². The van der Waals surface area contributed by atoms with Crippen molar-refractivity contribution in [2.75, 3.05) is 11.4 Å². The van der Waals surface area contributed by atoms with Crippen molar-refractivity contribution in [2.24, 2.45) is 5.92 Å². The highest BCUT2D eigenvalue weighted by molar-refractivity contribution is 9.10. The normalized spacial score (nSPS) is 19.5. The second-order valence-corrected chi connectivity index (χ2v) is 5.00. The van der Waals surface area contributed by atoms with E-state index in [4.69, 9.17) is 18.0 Å². The molecule has 0 spiro atoms. The maximum atomic E-state index is 13.9. The number of anilines is 1. The number of amides is 1. The summed E-state index contributed by atoms with van der Waals surface area (Å²) in [5.74, 6) is 1.57. The predicted molar refractivity (Wildman–Crippen MR) is 68.4 cm³/mol. The number of benzene rings is 1. The first-order chi connectivity index (χ1) is 8.04. The molecule has 1 aromatic rings. The summed E-state index contributed by atoms with van der Waals surface area (Å²) >= 11 is 8.90. The Morgan fingerprint density at radius 1 is 1.59 bits per heavy atom. The van der Waals surface area contributed by atoms with Gasteiger partial charge in [-0.15, -0.1) is 12.3 Å². The summed E-state index contributed by atoms with van der Waals surface area (Å²) in [5.41, 5.74) is 0.181. The molecule has 1 atom stereocenters. The van der Waals surface area contributed by atoms with E-state index in [1.165, 1.54) is 11.0 Å². The molecule has 1 heterocycles. The standard InChI is InChI=1S/C12H8BrClFNO/c1-2-7-5-10(17)16(6-7)9-4-3-8(13)11(14)12(9)15/h1,3-4,7H,5-6H2. The summed E-state index contributed by atoms with van der Waals surface area (Å²) in [7, 11) is 0. The molecule has 0 radical (unpaired) electrons. The number of hydrogen-bond donors (Lipinski definition) is 0. The molecule has 88 valence electrons. The smallest absolute Gasteiger partial charge is 0.228 e. The summed E-state index contributed by atoms with van der Waals surface area (Å²) < 4.78 is 14.4. The van der Waals surface area contributed by atoms with Gasteiger partial charge in [0.1, 0.15) is 0 Å². The molecule has 1 aliphatic rings. The van der Waals surface area contributed by atoms with Gasteiger partial charge in [-0.25, -0.2) is 4.39 Å². The van der Waals surface area contributed by atoms with E-state index in [9.17, 15) is 9.18 Å². The van der Waals surface area contributed by atoms with Crippen LogP contribution in [0.15, 0.2) is 16.6 Å². The molecule has 0 N–H and O–H groups in total. The molecule has 0 aromatic heterocycles. The van der Waals surface area contributed by atoms with Gasteiger partial charge in [-0.1, -0.05) is 11.6 Å². The van der Waals surface area contributed by atoms with E-state index in [1.54, 1.807) is 6.07 Å². The molecule has 17 heavy (non-hydrogen) atoms. The SMILES string of the molecule is C#CC1CC(=O)N(c2ccc(Br)c(Cl)c2F)C1. The van der Waals surface area contributed by atoms with Crippen molar-refractivity contribution in [3.8, 4) is 12.3 Å². The van der Waals surface area contributed by atoms with Crippen LogP contribution in [0.2, 0.25) is 5.02 Å². The van der Waals surface area contributed by atoms with Crippen molar-refractivity contribution in [1.82, 2.24) is 0 Å². The Labute approximate surface area is 112 Å². The van der Waals surface area contributed by atoms with Gasteiger partial charge < -0.3 is 4.90 Å². The summed E-state index contributed by atoms with van der Waals surface area (Å²) in [5, 5.41) is -0.0283. The molecule has 0 aliphatic carbocycles. The second-order valence-electron chi connectivity index (χ2n) is 3.77. The number of terminal acetylenes is 1. The Morgan fingerprint density at radius 3 is 2.88 bits per heavy atom. The van der Waals surface area contributed by atoms with Crippen LogP contribution in [0.3, 0.4) is 0 Å². The largest absolute Gasteiger partial charge is 0.308 e. The van der Waals surface area contributed by atoms with Gasteiger partial charge in [0.25, 0.3) is 0 Å². The number of carbonyl (C=O) groups is 1. The first kappa shape index (κ1) is 12.4. The van der Waals surface area contributed by atoms with Crippen LogP contribution in [0.1, 0.15) is 6.42 Å². The van der Waals surface area contributed by atoms with Gasteiger partial charge in [0.2, 0.25) is 5.91 Å². The molecule has 0 saturated carbocycles. The number of rotatable bonds is 1. The van der Waals surface area contributed by atoms with Crippen LogP contribution >= 0.6 is 27.5 Å². The van der Waals surface area contributed by atoms with Crippen molar-refractivity contribution < 1.29 is 9.18 Å². The van der Waals surface area contributed by atoms with E-state index in [2.05, 4.69) is 21.9 Å². The number of halogens is 3. The Hall–Kier alpha value is -1.05. The average Bonchev–Trinajstić information content (AvgIpc) is 2.68. The molecule has 0 bridgehead atoms. The van der Waals surface area contributed by atoms with Gasteiger partial charge in [0.15, 0.2) is 5.82 Å². The predicted octanol–water partition coefficient (Wildman–Crippen LogP) is 3.23. The van der Waals surface area contributed by atoms with Gasteiger partial charge in [-0.3, -0.25) is 4.79 Å². The molecule has 5 heteroatoms. The second kappa shape index (κ2) is 4.67. The molecular weight excluding hydrogens is 308 g/mol. The lowest BCUT2D eigenvalue weighted by Crippen LogP contribution is -2.25. The van der Waals surface area contributed by atoms with E-state index in [0.717, 1.165) is 0 Å². The van der Waals surface area contributed by atoms with Gasteiger partial charge >= 0.3 is 0 Å². The topological polar surface area (TPSA) is 20.3 Å². The first-order valence-electron chi connectivity index (χ1n) is 4.94. The summed E-state index contributed by atoms with van der Waals surface area (Å²) in [6.07, 6.45) is 5.53. The highest BCUT2D eigenvalue weighted by Crippen LogP contribution is 2.34. The molecule has 1 amide bonds. The minimum atomic E-state index is -0.605. The Morgan fingerprint density at radius 2 is 2.29 bits per heavy atom. The fourth-order valence-corrected chi connectivity index (χ4v) is 2.24. The Bertz CT molecular complexity index is 526. The van der Waals surface area contributed by atoms with Crippen LogP contribution in [0.5, 0.6) is 0 Å². The molecule has 2 nitrogen and oxygen atoms in total. The zero-order valence-corrected chi connectivity index (χ0v) is 11.1. The zero-order chi connectivity index (χ0) is 12.6. The van der Waals surface area contributed by atoms with Crippen molar-refractivity contribution in [2.45, 2.75) is 6.42 Å². The minimum absolute atomic E-state index is 0.0283. The third-order valence-corrected chi connectivity index (χ3v) is 3.92. The summed E-state index contributed by atoms with van der Waals surface area (Å²) in [4.78, 5) is 13.0. The number of carbonyl (C=O) groups excluding carboxylic acids is 1. The van der Waals surface area contributed by atoms with Crippen LogP contribution in [-0.2, 0) is 4.79 Å². The molecule has 1 saturated heterocycles. The monoisotopic (exact) mass is 315 g/mol. The number of hydrogen-bond acceptors (Lipinski definition) is 1. The van der Waals surface area contributed by atoms with Gasteiger partial charge in [0, 0.05) is 23.4 Å². The lowest BCUT2D eigenvalue weighted by molar-refractivity contribution is -0.117. The first-order valence-corrected chi connectivity index (χ1v) is 6.11. The average molecular weight is 317 g/mol. The van der Waals surface area contributed by atoms with Crippen LogP contribution in [0.25, 0.3) is 0 Å². The Balaban J connectivity index is 2.40. The van der Waals surface area contributed by atoms with Gasteiger partial charge in [0.05, 0.1) is 10.7 Å². The van der Waals surface area contributed by atoms with Crippen LogP contribution in [0, 0.1) is 24.1 Å². The Kier molecular flexibility index (Phi) is 3.41. The molecule has 1 aromatic carbocycles. The lowest BCUT2D eigenvalue weighted by Gasteiger charge is -2.17. The van der Waals surface area contributed by atoms with Crippen LogP contribution in [0.4, 0.5) is 10.1 Å². The van der Waals surface area contributed by atoms with E-state index in [1.807, 2.05) is 0 Å². The van der Waals surface area contributed by atoms with E-state index in [0.29, 0.717) is 11.0 Å². The zero-order valence-electron chi connectivity index (χ0n) is 8.71. The maximum absolute atomic E-state index is 13.9. The quantitative estimate of drug-likeness (QED) is 0.575. The minimum Gasteiger partial charge on any atom is -0.308 e. The van der Waals surface area contributed by atoms with Crippen LogP contribution in [-0.4, -0.2) is 12.5 Å². The lowest BCUT2D eigenvalue weighted by atomic mass is 10.1. The molecular formula is C12H8BrClFNO. The maximum Gasteiger partial charge on any atom is 0.228 e. The van der Waals surface area contributed by atoms with Crippen LogP contribution < -0.4 is 4.90 Å². The summed E-state index contributed by atoms with van der Waals surface area (Å²) in [6, 6.07) is 3.12. The summed E-state index contributed by atoms with van der Waals surface area (Å²) in [6.45, 7) is 0.338. The van der Waals surface area contributed by atoms with E-state index >= 15 is 0 Å². The molecule has 1 fully saturated rings. The highest BCUT2D eigenvalue weighted by atomic mass is 79.9. The third kappa shape index (κ3) is 2.18. The number of nitrogens with zero attached hydrogens (tertiary/aromatic N) is 1. The van der Waals surface area contributed by atoms with E-state index < -0.39 is 5.82 Å². The molecule has 2 rings (SSSR count). The van der Waals surface area contributed by atoms with Crippen molar-refractivity contribution >= 4 is 39.1 Å². The molecule has 1 aliphatic heterocycles. The third-order valence-electron chi connectivity index (χ3n) is 2.67. The highest BCUT2D eigenvalue weighted by Gasteiger charge is 2.31. The fraction of sp³-hybridized carbons (Fsp3) is 0.250. The van der Waals surface area contributed by atoms with Gasteiger partial charge in [-0.2, -0.15) is 0 Å². The fourth-order valence-electron chi connectivity index (χ4n) is 1.78. The van der Waals surface area contributed by atoms with E-state index in [-0.39, 0.29) is 29.0 Å². The molecule has 1 unspecified atom stereocenters. The van der Waals surface area contributed by atoms with Crippen molar-refractivity contribution in [3.63, 3.8) is 0 Å². The van der Waals surface area contributed by atoms with Crippen molar-refractivity contribution in [3.05, 3.63) is 27.4 Å². The van der Waals surface area contributed by atoms with Gasteiger partial charge in [-0.05, 0) is 28.1 Å².